The van der Waals surface area contributed by atoms with Gasteiger partial charge in [-0.15, -0.1) is 11.6 Å². The van der Waals surface area contributed by atoms with Gasteiger partial charge in [0.05, 0.1) is 16.9 Å². The molecule has 0 bridgehead atoms. The first kappa shape index (κ1) is 14.8. The number of imidazole rings is 1. The number of nitrogens with zero attached hydrogens (tertiary/aromatic N) is 2. The fourth-order valence-electron chi connectivity index (χ4n) is 3.65. The molecule has 1 fully saturated rings. The zero-order chi connectivity index (χ0) is 15.2. The van der Waals surface area contributed by atoms with Gasteiger partial charge in [0, 0.05) is 12.1 Å². The minimum atomic E-state index is -0.197. The number of fused-ring (bicyclic) bond motifs is 1. The quantitative estimate of drug-likeness (QED) is 0.682. The fraction of sp³-hybridized carbons (Fsp3) is 0.588. The van der Waals surface area contributed by atoms with Gasteiger partial charge in [0.2, 0.25) is 0 Å². The van der Waals surface area contributed by atoms with Crippen LogP contribution in [-0.2, 0) is 5.88 Å². The number of aryl methyl sites for hydroxylation is 1. The first-order valence-corrected chi connectivity index (χ1v) is 8.18. The first-order chi connectivity index (χ1) is 9.91. The lowest BCUT2D eigenvalue weighted by molar-refractivity contribution is 0.184. The summed E-state index contributed by atoms with van der Waals surface area (Å²) in [6.45, 7) is 6.45. The zero-order valence-electron chi connectivity index (χ0n) is 12.9. The van der Waals surface area contributed by atoms with Crippen LogP contribution in [0.5, 0.6) is 0 Å². The van der Waals surface area contributed by atoms with Crippen LogP contribution in [0.2, 0.25) is 0 Å². The highest BCUT2D eigenvalue weighted by Gasteiger charge is 2.31. The van der Waals surface area contributed by atoms with Crippen molar-refractivity contribution in [3.05, 3.63) is 29.3 Å². The Morgan fingerprint density at radius 2 is 2.19 bits per heavy atom. The van der Waals surface area contributed by atoms with Crippen LogP contribution in [0, 0.1) is 18.2 Å². The number of benzene rings is 1. The second-order valence-corrected chi connectivity index (χ2v) is 7.30. The maximum atomic E-state index is 13.8. The monoisotopic (exact) mass is 308 g/mol. The number of hydrogen-bond donors (Lipinski definition) is 0. The predicted molar refractivity (Wildman–Crippen MR) is 85.3 cm³/mol. The van der Waals surface area contributed by atoms with E-state index in [1.165, 1.54) is 18.9 Å². The number of hydrogen-bond acceptors (Lipinski definition) is 1. The third-order valence-electron chi connectivity index (χ3n) is 4.71. The highest BCUT2D eigenvalue weighted by Crippen LogP contribution is 2.42. The number of alkyl halides is 1. The van der Waals surface area contributed by atoms with E-state index in [-0.39, 0.29) is 5.82 Å². The maximum Gasteiger partial charge on any atom is 0.128 e. The predicted octanol–water partition coefficient (Wildman–Crippen LogP) is 5.36. The second kappa shape index (κ2) is 5.28. The van der Waals surface area contributed by atoms with Gasteiger partial charge in [-0.05, 0) is 43.2 Å². The smallest absolute Gasteiger partial charge is 0.128 e. The van der Waals surface area contributed by atoms with Crippen molar-refractivity contribution >= 4 is 22.6 Å². The molecule has 0 aliphatic heterocycles. The molecular formula is C17H22ClFN2. The molecule has 1 aliphatic rings. The lowest BCUT2D eigenvalue weighted by Gasteiger charge is -2.36. The van der Waals surface area contributed by atoms with Gasteiger partial charge in [0.25, 0.3) is 0 Å². The van der Waals surface area contributed by atoms with Crippen molar-refractivity contribution in [1.29, 1.82) is 0 Å². The lowest BCUT2D eigenvalue weighted by Crippen LogP contribution is -2.25. The van der Waals surface area contributed by atoms with Gasteiger partial charge in [0.15, 0.2) is 0 Å². The molecule has 21 heavy (non-hydrogen) atoms. The van der Waals surface area contributed by atoms with E-state index >= 15 is 0 Å². The zero-order valence-corrected chi connectivity index (χ0v) is 13.7. The van der Waals surface area contributed by atoms with Gasteiger partial charge < -0.3 is 4.57 Å². The molecule has 0 saturated heterocycles. The summed E-state index contributed by atoms with van der Waals surface area (Å²) in [6, 6.07) is 3.86. The molecule has 1 aromatic carbocycles. The van der Waals surface area contributed by atoms with Gasteiger partial charge in [0.1, 0.15) is 11.6 Å². The highest BCUT2D eigenvalue weighted by molar-refractivity contribution is 6.16. The van der Waals surface area contributed by atoms with Crippen molar-refractivity contribution in [1.82, 2.24) is 9.55 Å². The summed E-state index contributed by atoms with van der Waals surface area (Å²) in [7, 11) is 0. The Balaban J connectivity index is 2.14. The van der Waals surface area contributed by atoms with Crippen molar-refractivity contribution in [2.75, 3.05) is 0 Å². The standard InChI is InChI=1S/C17H22ClFN2/c1-11-7-15-14(8-13(11)19)20-16(10-18)21(15)12-5-4-6-17(2,3)9-12/h7-8,12H,4-6,9-10H2,1-3H3. The third-order valence-corrected chi connectivity index (χ3v) is 4.95. The Kier molecular flexibility index (Phi) is 3.73. The van der Waals surface area contributed by atoms with Crippen LogP contribution in [0.3, 0.4) is 0 Å². The molecule has 0 spiro atoms. The summed E-state index contributed by atoms with van der Waals surface area (Å²) in [5.74, 6) is 1.03. The van der Waals surface area contributed by atoms with E-state index in [9.17, 15) is 4.39 Å². The molecule has 1 saturated carbocycles. The van der Waals surface area contributed by atoms with Crippen LogP contribution in [0.4, 0.5) is 4.39 Å². The number of halogens is 2. The van der Waals surface area contributed by atoms with Crippen molar-refractivity contribution in [3.63, 3.8) is 0 Å². The van der Waals surface area contributed by atoms with Crippen LogP contribution >= 0.6 is 11.6 Å². The molecule has 114 valence electrons. The minimum absolute atomic E-state index is 0.197. The van der Waals surface area contributed by atoms with Crippen LogP contribution in [0.25, 0.3) is 11.0 Å². The molecule has 0 amide bonds. The van der Waals surface area contributed by atoms with Gasteiger partial charge >= 0.3 is 0 Å². The Morgan fingerprint density at radius 1 is 1.43 bits per heavy atom. The molecule has 1 unspecified atom stereocenters. The third kappa shape index (κ3) is 2.68. The van der Waals surface area contributed by atoms with Gasteiger partial charge in [-0.1, -0.05) is 20.3 Å². The summed E-state index contributed by atoms with van der Waals surface area (Å²) in [5.41, 5.74) is 2.75. The molecule has 1 atom stereocenters. The molecule has 1 aliphatic carbocycles. The molecule has 1 heterocycles. The summed E-state index contributed by atoms with van der Waals surface area (Å²) in [6.07, 6.45) is 4.76. The summed E-state index contributed by atoms with van der Waals surface area (Å²) < 4.78 is 16.0. The maximum absolute atomic E-state index is 13.8. The Labute approximate surface area is 130 Å². The van der Waals surface area contributed by atoms with E-state index in [4.69, 9.17) is 11.6 Å². The highest BCUT2D eigenvalue weighted by atomic mass is 35.5. The molecule has 2 nitrogen and oxygen atoms in total. The van der Waals surface area contributed by atoms with E-state index in [2.05, 4.69) is 23.4 Å². The van der Waals surface area contributed by atoms with Crippen LogP contribution in [0.1, 0.15) is 57.0 Å². The van der Waals surface area contributed by atoms with Crippen molar-refractivity contribution in [2.45, 2.75) is 58.4 Å². The molecule has 2 aromatic rings. The summed E-state index contributed by atoms with van der Waals surface area (Å²) in [4.78, 5) is 4.55. The fourth-order valence-corrected chi connectivity index (χ4v) is 3.84. The van der Waals surface area contributed by atoms with Crippen LogP contribution in [0.15, 0.2) is 12.1 Å². The summed E-state index contributed by atoms with van der Waals surface area (Å²) in [5, 5.41) is 0. The van der Waals surface area contributed by atoms with E-state index < -0.39 is 0 Å². The van der Waals surface area contributed by atoms with Crippen LogP contribution < -0.4 is 0 Å². The lowest BCUT2D eigenvalue weighted by atomic mass is 9.75. The van der Waals surface area contributed by atoms with Crippen LogP contribution in [-0.4, -0.2) is 9.55 Å². The van der Waals surface area contributed by atoms with Gasteiger partial charge in [-0.2, -0.15) is 0 Å². The average molecular weight is 309 g/mol. The molecular weight excluding hydrogens is 287 g/mol. The topological polar surface area (TPSA) is 17.8 Å². The molecule has 0 N–H and O–H groups in total. The Morgan fingerprint density at radius 3 is 2.86 bits per heavy atom. The van der Waals surface area contributed by atoms with Crippen molar-refractivity contribution < 1.29 is 4.39 Å². The molecule has 3 rings (SSSR count). The van der Waals surface area contributed by atoms with Gasteiger partial charge in [-0.3, -0.25) is 0 Å². The second-order valence-electron chi connectivity index (χ2n) is 7.04. The van der Waals surface area contributed by atoms with E-state index in [1.54, 1.807) is 6.92 Å². The SMILES string of the molecule is Cc1cc2c(cc1F)nc(CCl)n2C1CCCC(C)(C)C1. The minimum Gasteiger partial charge on any atom is -0.324 e. The van der Waals surface area contributed by atoms with Gasteiger partial charge in [-0.25, -0.2) is 9.37 Å². The van der Waals surface area contributed by atoms with E-state index in [0.717, 1.165) is 29.7 Å². The average Bonchev–Trinajstić information content (AvgIpc) is 2.75. The molecule has 0 radical (unpaired) electrons. The Bertz CT molecular complexity index is 675. The summed E-state index contributed by atoms with van der Waals surface area (Å²) >= 11 is 6.10. The first-order valence-electron chi connectivity index (χ1n) is 7.64. The number of rotatable bonds is 2. The largest absolute Gasteiger partial charge is 0.324 e. The molecule has 4 heteroatoms. The molecule has 1 aromatic heterocycles. The number of aromatic nitrogens is 2. The normalized spacial score (nSPS) is 21.9. The Hall–Kier alpha value is -1.09. The van der Waals surface area contributed by atoms with Crippen molar-refractivity contribution in [3.8, 4) is 0 Å². The van der Waals surface area contributed by atoms with E-state index in [0.29, 0.717) is 22.9 Å². The van der Waals surface area contributed by atoms with E-state index in [1.807, 2.05) is 6.07 Å². The van der Waals surface area contributed by atoms with Crippen molar-refractivity contribution in [2.24, 2.45) is 5.41 Å².